The van der Waals surface area contributed by atoms with Gasteiger partial charge in [-0.2, -0.15) is 10.2 Å². The van der Waals surface area contributed by atoms with E-state index >= 15 is 0 Å². The van der Waals surface area contributed by atoms with Crippen molar-refractivity contribution in [2.75, 3.05) is 0 Å². The molecule has 2 N–H and O–H groups in total. The highest BCUT2D eigenvalue weighted by molar-refractivity contribution is 6.31. The molecule has 4 aromatic heterocycles. The third kappa shape index (κ3) is 4.03. The number of nitrogens with zero attached hydrogens (tertiary/aromatic N) is 8. The van der Waals surface area contributed by atoms with Gasteiger partial charge in [-0.1, -0.05) is 71.7 Å². The number of benzene rings is 2. The number of aliphatic hydroxyl groups is 2. The van der Waals surface area contributed by atoms with Crippen molar-refractivity contribution in [1.82, 2.24) is 38.7 Å². The lowest BCUT2D eigenvalue weighted by Gasteiger charge is -2.34. The molecule has 12 heteroatoms. The van der Waals surface area contributed by atoms with Gasteiger partial charge >= 0.3 is 0 Å². The molecule has 0 fully saturated rings. The van der Waals surface area contributed by atoms with Gasteiger partial charge in [-0.15, -0.1) is 0 Å². The van der Waals surface area contributed by atoms with E-state index in [0.717, 1.165) is 48.7 Å². The Morgan fingerprint density at radius 1 is 0.609 bits per heavy atom. The first-order valence-electron chi connectivity index (χ1n) is 15.5. The average molecular weight is 654 g/mol. The van der Waals surface area contributed by atoms with Crippen LogP contribution < -0.4 is 0 Å². The van der Waals surface area contributed by atoms with E-state index in [0.29, 0.717) is 10.0 Å². The molecule has 0 radical (unpaired) electrons. The lowest BCUT2D eigenvalue weighted by Crippen LogP contribution is -2.31. The highest BCUT2D eigenvalue weighted by Crippen LogP contribution is 2.51. The second kappa shape index (κ2) is 10.7. The Kier molecular flexibility index (Phi) is 6.50. The van der Waals surface area contributed by atoms with E-state index in [2.05, 4.69) is 65.7 Å². The largest absolute Gasteiger partial charge is 0.386 e. The summed E-state index contributed by atoms with van der Waals surface area (Å²) in [5.41, 5.74) is 8.59. The molecule has 6 atom stereocenters. The molecule has 232 valence electrons. The molecule has 10 nitrogen and oxygen atoms in total. The highest BCUT2D eigenvalue weighted by atomic mass is 35.5. The van der Waals surface area contributed by atoms with Crippen LogP contribution in [0.1, 0.15) is 59.6 Å². The SMILES string of the molecule is O[C@@H]1c2c(Cl)cnn2CC[C@H]1[C@H]1c2ccccc2-c2cncn21.O[C@H]1c2c(Cl)cnn2CC[C@@H]1[C@@H]1c2ccccc2-c2cncn21. The Balaban J connectivity index is 0.000000127. The average Bonchev–Trinajstić information content (AvgIpc) is 3.91. The van der Waals surface area contributed by atoms with Gasteiger partial charge in [0, 0.05) is 36.1 Å². The van der Waals surface area contributed by atoms with Crippen molar-refractivity contribution in [3.8, 4) is 22.5 Å². The first-order valence-corrected chi connectivity index (χ1v) is 16.3. The van der Waals surface area contributed by atoms with Crippen LogP contribution in [0.4, 0.5) is 0 Å². The summed E-state index contributed by atoms with van der Waals surface area (Å²) in [7, 11) is 0. The zero-order valence-electron chi connectivity index (χ0n) is 24.6. The number of aryl methyl sites for hydroxylation is 2. The monoisotopic (exact) mass is 652 g/mol. The molecule has 0 saturated carbocycles. The maximum absolute atomic E-state index is 11.0. The predicted molar refractivity (Wildman–Crippen MR) is 172 cm³/mol. The molecule has 8 heterocycles. The summed E-state index contributed by atoms with van der Waals surface area (Å²) >= 11 is 12.5. The first kappa shape index (κ1) is 28.0. The zero-order valence-corrected chi connectivity index (χ0v) is 26.1. The molecular weight excluding hydrogens is 623 g/mol. The quantitative estimate of drug-likeness (QED) is 0.233. The van der Waals surface area contributed by atoms with E-state index in [4.69, 9.17) is 23.2 Å². The summed E-state index contributed by atoms with van der Waals surface area (Å²) in [6.45, 7) is 1.54. The summed E-state index contributed by atoms with van der Waals surface area (Å²) in [6.07, 6.45) is 11.2. The molecule has 4 aliphatic rings. The van der Waals surface area contributed by atoms with Crippen LogP contribution in [0.3, 0.4) is 0 Å². The molecule has 10 rings (SSSR count). The van der Waals surface area contributed by atoms with Gasteiger partial charge in [-0.25, -0.2) is 9.97 Å². The molecular formula is C34H30Cl2N8O2. The Bertz CT molecular complexity index is 1950. The Hall–Kier alpha value is -4.22. The summed E-state index contributed by atoms with van der Waals surface area (Å²) in [5, 5.41) is 31.5. The number of rotatable bonds is 2. The number of aromatic nitrogens is 8. The van der Waals surface area contributed by atoms with Crippen molar-refractivity contribution >= 4 is 23.2 Å². The minimum atomic E-state index is -0.634. The van der Waals surface area contributed by atoms with Crippen molar-refractivity contribution in [3.05, 3.63) is 119 Å². The zero-order chi connectivity index (χ0) is 31.1. The minimum Gasteiger partial charge on any atom is -0.386 e. The fourth-order valence-corrected chi connectivity index (χ4v) is 8.74. The molecule has 0 unspecified atom stereocenters. The molecule has 0 spiro atoms. The topological polar surface area (TPSA) is 112 Å². The minimum absolute atomic E-state index is 0.0494. The number of fused-ring (bicyclic) bond motifs is 8. The lowest BCUT2D eigenvalue weighted by molar-refractivity contribution is 0.0524. The van der Waals surface area contributed by atoms with E-state index in [1.165, 1.54) is 22.3 Å². The van der Waals surface area contributed by atoms with Crippen molar-refractivity contribution < 1.29 is 10.2 Å². The molecule has 6 aromatic rings. The smallest absolute Gasteiger partial charge is 0.102 e. The normalized spacial score (nSPS) is 25.0. The molecule has 46 heavy (non-hydrogen) atoms. The van der Waals surface area contributed by atoms with Gasteiger partial charge in [0.15, 0.2) is 0 Å². The molecule has 4 aliphatic heterocycles. The van der Waals surface area contributed by atoms with Crippen LogP contribution in [-0.2, 0) is 13.1 Å². The summed E-state index contributed by atoms with van der Waals surface area (Å²) in [6, 6.07) is 16.9. The van der Waals surface area contributed by atoms with Crippen LogP contribution in [-0.4, -0.2) is 48.9 Å². The third-order valence-electron chi connectivity index (χ3n) is 10.2. The summed E-state index contributed by atoms with van der Waals surface area (Å²) in [5.74, 6) is 0.0987. The van der Waals surface area contributed by atoms with Gasteiger partial charge in [0.05, 0.1) is 82.3 Å². The number of imidazole rings is 2. The lowest BCUT2D eigenvalue weighted by atomic mass is 9.83. The van der Waals surface area contributed by atoms with Crippen molar-refractivity contribution in [2.24, 2.45) is 11.8 Å². The number of hydrogen-bond acceptors (Lipinski definition) is 6. The van der Waals surface area contributed by atoms with E-state index < -0.39 is 12.2 Å². The van der Waals surface area contributed by atoms with Crippen molar-refractivity contribution in [1.29, 1.82) is 0 Å². The van der Waals surface area contributed by atoms with E-state index in [-0.39, 0.29) is 23.9 Å². The number of hydrogen-bond donors (Lipinski definition) is 2. The van der Waals surface area contributed by atoms with Crippen LogP contribution >= 0.6 is 23.2 Å². The Morgan fingerprint density at radius 3 is 1.50 bits per heavy atom. The Labute approximate surface area is 274 Å². The first-order chi connectivity index (χ1) is 22.5. The second-order valence-electron chi connectivity index (χ2n) is 12.4. The molecule has 2 aromatic carbocycles. The van der Waals surface area contributed by atoms with E-state index in [1.54, 1.807) is 12.4 Å². The van der Waals surface area contributed by atoms with E-state index in [9.17, 15) is 10.2 Å². The fourth-order valence-electron chi connectivity index (χ4n) is 8.23. The molecule has 0 bridgehead atoms. The van der Waals surface area contributed by atoms with E-state index in [1.807, 2.05) is 46.5 Å². The number of halogens is 2. The third-order valence-corrected chi connectivity index (χ3v) is 10.8. The van der Waals surface area contributed by atoms with Crippen LogP contribution in [0.2, 0.25) is 10.0 Å². The van der Waals surface area contributed by atoms with Crippen LogP contribution in [0, 0.1) is 11.8 Å². The van der Waals surface area contributed by atoms with Crippen LogP contribution in [0.25, 0.3) is 22.5 Å². The van der Waals surface area contributed by atoms with Crippen LogP contribution in [0.15, 0.2) is 86.0 Å². The standard InChI is InChI=1S/2C17H15ClN4O/c2*18-13-7-20-22-6-5-12(17(23)16(13)22)15-11-4-2-1-3-10(11)14-8-19-9-21(14)15/h2*1-4,7-9,12,15,17,23H,5-6H2/t2*12-,15+,17-/m10/s1. The van der Waals surface area contributed by atoms with Gasteiger partial charge in [-0.3, -0.25) is 9.36 Å². The summed E-state index contributed by atoms with van der Waals surface area (Å²) in [4.78, 5) is 8.60. The maximum Gasteiger partial charge on any atom is 0.102 e. The van der Waals surface area contributed by atoms with Crippen molar-refractivity contribution in [2.45, 2.75) is 50.2 Å². The van der Waals surface area contributed by atoms with Gasteiger partial charge in [0.25, 0.3) is 0 Å². The van der Waals surface area contributed by atoms with Gasteiger partial charge in [0.1, 0.15) is 12.2 Å². The van der Waals surface area contributed by atoms with Crippen molar-refractivity contribution in [3.63, 3.8) is 0 Å². The van der Waals surface area contributed by atoms with Gasteiger partial charge < -0.3 is 19.3 Å². The molecule has 0 amide bonds. The molecule has 0 saturated heterocycles. The van der Waals surface area contributed by atoms with Crippen LogP contribution in [0.5, 0.6) is 0 Å². The fraction of sp³-hybridized carbons (Fsp3) is 0.294. The summed E-state index contributed by atoms with van der Waals surface area (Å²) < 4.78 is 8.00. The van der Waals surface area contributed by atoms with Gasteiger partial charge in [-0.05, 0) is 24.0 Å². The Morgan fingerprint density at radius 2 is 1.04 bits per heavy atom. The molecule has 0 aliphatic carbocycles. The predicted octanol–water partition coefficient (Wildman–Crippen LogP) is 6.11. The number of aliphatic hydroxyl groups excluding tert-OH is 2. The highest BCUT2D eigenvalue weighted by Gasteiger charge is 2.43. The van der Waals surface area contributed by atoms with Gasteiger partial charge in [0.2, 0.25) is 0 Å². The maximum atomic E-state index is 11.0. The second-order valence-corrected chi connectivity index (χ2v) is 13.2.